The molecular weight excluding hydrogens is 425 g/mol. The first-order valence-electron chi connectivity index (χ1n) is 8.35. The maximum atomic E-state index is 5.38. The van der Waals surface area contributed by atoms with Crippen LogP contribution in [0.25, 0.3) is 0 Å². The van der Waals surface area contributed by atoms with Crippen molar-refractivity contribution in [3.63, 3.8) is 0 Å². The molecule has 0 atom stereocenters. The Morgan fingerprint density at radius 1 is 1.00 bits per heavy atom. The predicted molar refractivity (Wildman–Crippen MR) is 116 cm³/mol. The number of hydrogen-bond donors (Lipinski definition) is 2. The van der Waals surface area contributed by atoms with Crippen LogP contribution < -0.4 is 15.4 Å². The number of nitrogens with one attached hydrogen (secondary N) is 2. The highest BCUT2D eigenvalue weighted by Gasteiger charge is 2.02. The molecule has 5 heteroatoms. The Kier molecular flexibility index (Phi) is 9.99. The van der Waals surface area contributed by atoms with Crippen LogP contribution in [-0.4, -0.2) is 33.2 Å². The van der Waals surface area contributed by atoms with Crippen LogP contribution in [-0.2, 0) is 12.8 Å². The summed E-state index contributed by atoms with van der Waals surface area (Å²) in [4.78, 5) is 4.27. The highest BCUT2D eigenvalue weighted by atomic mass is 127. The zero-order valence-corrected chi connectivity index (χ0v) is 17.5. The smallest absolute Gasteiger partial charge is 0.190 e. The Labute approximate surface area is 168 Å². The first-order chi connectivity index (χ1) is 11.7. The van der Waals surface area contributed by atoms with Crippen LogP contribution >= 0.6 is 24.0 Å². The van der Waals surface area contributed by atoms with Gasteiger partial charge in [0.05, 0.1) is 7.11 Å². The molecular formula is C20H28IN3O. The van der Waals surface area contributed by atoms with E-state index in [-0.39, 0.29) is 24.0 Å². The van der Waals surface area contributed by atoms with E-state index >= 15 is 0 Å². The second-order valence-corrected chi connectivity index (χ2v) is 5.73. The van der Waals surface area contributed by atoms with Gasteiger partial charge in [-0.25, -0.2) is 0 Å². The molecule has 2 rings (SSSR count). The minimum Gasteiger partial charge on any atom is -0.496 e. The lowest BCUT2D eigenvalue weighted by atomic mass is 10.1. The third-order valence-electron chi connectivity index (χ3n) is 3.89. The Balaban J connectivity index is 0.00000312. The Bertz CT molecular complexity index is 673. The third-order valence-corrected chi connectivity index (χ3v) is 3.89. The Hall–Kier alpha value is -1.76. The molecule has 0 aliphatic rings. The first kappa shape index (κ1) is 21.3. The lowest BCUT2D eigenvalue weighted by molar-refractivity contribution is 0.409. The Morgan fingerprint density at radius 3 is 2.40 bits per heavy atom. The van der Waals surface area contributed by atoms with Crippen LogP contribution in [0.3, 0.4) is 0 Å². The van der Waals surface area contributed by atoms with Crippen LogP contribution in [0.5, 0.6) is 5.75 Å². The fourth-order valence-electron chi connectivity index (χ4n) is 2.64. The third kappa shape index (κ3) is 7.34. The van der Waals surface area contributed by atoms with Gasteiger partial charge >= 0.3 is 0 Å². The van der Waals surface area contributed by atoms with E-state index in [4.69, 9.17) is 4.74 Å². The highest BCUT2D eigenvalue weighted by Crippen LogP contribution is 2.17. The molecule has 0 spiro atoms. The molecule has 0 radical (unpaired) electrons. The summed E-state index contributed by atoms with van der Waals surface area (Å²) in [6.07, 6.45) is 1.87. The van der Waals surface area contributed by atoms with Gasteiger partial charge in [0.1, 0.15) is 5.75 Å². The van der Waals surface area contributed by atoms with Gasteiger partial charge in [-0.1, -0.05) is 48.0 Å². The fraction of sp³-hybridized carbons (Fsp3) is 0.350. The average Bonchev–Trinajstić information content (AvgIpc) is 2.61. The summed E-state index contributed by atoms with van der Waals surface area (Å²) in [6.45, 7) is 3.79. The van der Waals surface area contributed by atoms with E-state index in [1.54, 1.807) is 14.2 Å². The summed E-state index contributed by atoms with van der Waals surface area (Å²) in [5, 5.41) is 6.71. The number of ether oxygens (including phenoxy) is 1. The molecule has 0 unspecified atom stereocenters. The van der Waals surface area contributed by atoms with Crippen LogP contribution in [0.15, 0.2) is 53.5 Å². The standard InChI is InChI=1S/C20H27N3O.HI/c1-16-7-6-8-17(15-16)11-13-22-20(21-2)23-14-12-18-9-4-5-10-19(18)24-3;/h4-10,15H,11-14H2,1-3H3,(H2,21,22,23);1H. The lowest BCUT2D eigenvalue weighted by Crippen LogP contribution is -2.39. The maximum Gasteiger partial charge on any atom is 0.190 e. The molecule has 0 bridgehead atoms. The van der Waals surface area contributed by atoms with Crippen LogP contribution in [0.2, 0.25) is 0 Å². The number of halogens is 1. The van der Waals surface area contributed by atoms with Crippen molar-refractivity contribution in [3.8, 4) is 5.75 Å². The van der Waals surface area contributed by atoms with Crippen molar-refractivity contribution < 1.29 is 4.74 Å². The summed E-state index contributed by atoms with van der Waals surface area (Å²) in [5.41, 5.74) is 3.83. The van der Waals surface area contributed by atoms with Crippen molar-refractivity contribution in [2.45, 2.75) is 19.8 Å². The van der Waals surface area contributed by atoms with Crippen LogP contribution in [0.1, 0.15) is 16.7 Å². The number of guanidine groups is 1. The number of para-hydroxylation sites is 1. The lowest BCUT2D eigenvalue weighted by Gasteiger charge is -2.13. The molecule has 2 aromatic rings. The molecule has 0 aliphatic heterocycles. The van der Waals surface area contributed by atoms with Gasteiger partial charge in [-0.3, -0.25) is 4.99 Å². The Morgan fingerprint density at radius 2 is 1.72 bits per heavy atom. The molecule has 2 N–H and O–H groups in total. The van der Waals surface area contributed by atoms with Crippen molar-refractivity contribution in [2.75, 3.05) is 27.2 Å². The number of aryl methyl sites for hydroxylation is 1. The van der Waals surface area contributed by atoms with Crippen molar-refractivity contribution in [2.24, 2.45) is 4.99 Å². The number of rotatable bonds is 7. The van der Waals surface area contributed by atoms with E-state index in [2.05, 4.69) is 52.9 Å². The second-order valence-electron chi connectivity index (χ2n) is 5.73. The molecule has 0 amide bonds. The predicted octanol–water partition coefficient (Wildman–Crippen LogP) is 3.57. The van der Waals surface area contributed by atoms with E-state index in [0.29, 0.717) is 0 Å². The minimum absolute atomic E-state index is 0. The van der Waals surface area contributed by atoms with Crippen LogP contribution in [0, 0.1) is 6.92 Å². The zero-order valence-electron chi connectivity index (χ0n) is 15.2. The maximum absolute atomic E-state index is 5.38. The van der Waals surface area contributed by atoms with Crippen molar-refractivity contribution >= 4 is 29.9 Å². The summed E-state index contributed by atoms with van der Waals surface area (Å²) < 4.78 is 5.38. The first-order valence-corrected chi connectivity index (χ1v) is 8.35. The summed E-state index contributed by atoms with van der Waals surface area (Å²) in [7, 11) is 3.50. The summed E-state index contributed by atoms with van der Waals surface area (Å²) in [5.74, 6) is 1.76. The topological polar surface area (TPSA) is 45.7 Å². The molecule has 2 aromatic carbocycles. The number of hydrogen-bond acceptors (Lipinski definition) is 2. The number of aliphatic imine (C=N–C) groups is 1. The molecule has 0 saturated carbocycles. The molecule has 4 nitrogen and oxygen atoms in total. The molecule has 0 aromatic heterocycles. The van der Waals surface area contributed by atoms with Gasteiger partial charge in [-0.2, -0.15) is 0 Å². The van der Waals surface area contributed by atoms with Gasteiger partial charge in [-0.15, -0.1) is 24.0 Å². The molecule has 25 heavy (non-hydrogen) atoms. The van der Waals surface area contributed by atoms with E-state index in [9.17, 15) is 0 Å². The normalized spacial score (nSPS) is 10.8. The van der Waals surface area contributed by atoms with Gasteiger partial charge in [0.2, 0.25) is 0 Å². The molecule has 0 heterocycles. The van der Waals surface area contributed by atoms with Gasteiger partial charge in [-0.05, 0) is 37.0 Å². The molecule has 0 aliphatic carbocycles. The van der Waals surface area contributed by atoms with Gasteiger partial charge in [0, 0.05) is 20.1 Å². The van der Waals surface area contributed by atoms with Crippen molar-refractivity contribution in [3.05, 3.63) is 65.2 Å². The largest absolute Gasteiger partial charge is 0.496 e. The minimum atomic E-state index is 0. The van der Waals surface area contributed by atoms with Gasteiger partial charge in [0.15, 0.2) is 5.96 Å². The van der Waals surface area contributed by atoms with E-state index < -0.39 is 0 Å². The van der Waals surface area contributed by atoms with E-state index in [0.717, 1.165) is 37.6 Å². The monoisotopic (exact) mass is 453 g/mol. The number of methoxy groups -OCH3 is 1. The molecule has 136 valence electrons. The summed E-state index contributed by atoms with van der Waals surface area (Å²) in [6, 6.07) is 16.7. The van der Waals surface area contributed by atoms with Crippen LogP contribution in [0.4, 0.5) is 0 Å². The number of benzene rings is 2. The van der Waals surface area contributed by atoms with Gasteiger partial charge in [0.25, 0.3) is 0 Å². The molecule has 0 fully saturated rings. The quantitative estimate of drug-likeness (QED) is 0.383. The average molecular weight is 453 g/mol. The van der Waals surface area contributed by atoms with E-state index in [1.807, 2.05) is 18.2 Å². The molecule has 0 saturated heterocycles. The SMILES string of the molecule is CN=C(NCCc1cccc(C)c1)NCCc1ccccc1OC.I. The van der Waals surface area contributed by atoms with E-state index in [1.165, 1.54) is 16.7 Å². The fourth-order valence-corrected chi connectivity index (χ4v) is 2.64. The highest BCUT2D eigenvalue weighted by molar-refractivity contribution is 14.0. The van der Waals surface area contributed by atoms with Gasteiger partial charge < -0.3 is 15.4 Å². The number of nitrogens with zero attached hydrogens (tertiary/aromatic N) is 1. The van der Waals surface area contributed by atoms with Crippen molar-refractivity contribution in [1.29, 1.82) is 0 Å². The second kappa shape index (κ2) is 11.7. The zero-order chi connectivity index (χ0) is 17.2. The van der Waals surface area contributed by atoms with Crippen molar-refractivity contribution in [1.82, 2.24) is 10.6 Å². The summed E-state index contributed by atoms with van der Waals surface area (Å²) >= 11 is 0.